The Morgan fingerprint density at radius 1 is 1.07 bits per heavy atom. The molecule has 0 radical (unpaired) electrons. The average molecular weight is 392 g/mol. The minimum Gasteiger partial charge on any atom is -0.444 e. The number of anilines is 1. The number of ether oxygens (including phenoxy) is 1. The molecule has 28 heavy (non-hydrogen) atoms. The lowest BCUT2D eigenvalue weighted by atomic mass is 10.1. The van der Waals surface area contributed by atoms with Crippen molar-refractivity contribution in [2.24, 2.45) is 0 Å². The minimum atomic E-state index is -4.57. The van der Waals surface area contributed by atoms with E-state index in [-0.39, 0.29) is 12.2 Å². The summed E-state index contributed by atoms with van der Waals surface area (Å²) in [5, 5.41) is 5.18. The van der Waals surface area contributed by atoms with Crippen LogP contribution >= 0.6 is 0 Å². The molecule has 0 heterocycles. The molecule has 0 aromatic heterocycles. The first-order chi connectivity index (χ1) is 13.0. The second-order valence-corrected chi connectivity index (χ2v) is 7.20. The van der Waals surface area contributed by atoms with Crippen LogP contribution in [-0.2, 0) is 17.5 Å². The molecule has 2 N–H and O–H groups in total. The van der Waals surface area contributed by atoms with E-state index in [0.717, 1.165) is 6.07 Å². The Morgan fingerprint density at radius 2 is 1.71 bits per heavy atom. The number of alkyl halides is 3. The first-order valence-electron chi connectivity index (χ1n) is 8.64. The summed E-state index contributed by atoms with van der Waals surface area (Å²) in [5.41, 5.74) is -0.297. The van der Waals surface area contributed by atoms with E-state index in [9.17, 15) is 18.0 Å². The van der Waals surface area contributed by atoms with Crippen molar-refractivity contribution in [3.8, 4) is 0 Å². The molecule has 0 saturated heterocycles. The van der Waals surface area contributed by atoms with Crippen LogP contribution in [0, 0.1) is 0 Å². The quantitative estimate of drug-likeness (QED) is 0.675. The van der Waals surface area contributed by atoms with Gasteiger partial charge < -0.3 is 15.4 Å². The highest BCUT2D eigenvalue weighted by Crippen LogP contribution is 2.36. The van der Waals surface area contributed by atoms with Crippen molar-refractivity contribution in [3.63, 3.8) is 0 Å². The van der Waals surface area contributed by atoms with Crippen molar-refractivity contribution in [1.82, 2.24) is 5.32 Å². The number of benzene rings is 2. The van der Waals surface area contributed by atoms with Gasteiger partial charge in [-0.15, -0.1) is 0 Å². The SMILES string of the molecule is C=C(Nc1ccc(CNC(=O)OC(C)(C)C)cc1C(F)(F)F)c1ccccc1. The highest BCUT2D eigenvalue weighted by Gasteiger charge is 2.34. The summed E-state index contributed by atoms with van der Waals surface area (Å²) in [6, 6.07) is 12.7. The maximum Gasteiger partial charge on any atom is 0.418 e. The number of carbonyl (C=O) groups is 1. The Morgan fingerprint density at radius 3 is 2.29 bits per heavy atom. The van der Waals surface area contributed by atoms with Gasteiger partial charge in [0.25, 0.3) is 0 Å². The molecule has 4 nitrogen and oxygen atoms in total. The van der Waals surface area contributed by atoms with Gasteiger partial charge in [-0.3, -0.25) is 0 Å². The van der Waals surface area contributed by atoms with E-state index in [1.54, 1.807) is 45.0 Å². The normalized spacial score (nSPS) is 11.6. The molecule has 0 spiro atoms. The number of hydrogen-bond acceptors (Lipinski definition) is 3. The third-order valence-corrected chi connectivity index (χ3v) is 3.63. The average Bonchev–Trinajstić information content (AvgIpc) is 2.59. The number of amides is 1. The molecule has 0 unspecified atom stereocenters. The number of alkyl carbamates (subject to hydrolysis) is 1. The summed E-state index contributed by atoms with van der Waals surface area (Å²) in [4.78, 5) is 11.7. The standard InChI is InChI=1S/C21H23F3N2O2/c1-14(16-8-6-5-7-9-16)26-18-11-10-15(12-17(18)21(22,23)24)13-25-19(27)28-20(2,3)4/h5-12,26H,1,13H2,2-4H3,(H,25,27). The van der Waals surface area contributed by atoms with Gasteiger partial charge in [-0.25, -0.2) is 4.79 Å². The number of hydrogen-bond donors (Lipinski definition) is 2. The molecular weight excluding hydrogens is 369 g/mol. The monoisotopic (exact) mass is 392 g/mol. The van der Waals surface area contributed by atoms with E-state index in [0.29, 0.717) is 16.8 Å². The number of halogens is 3. The van der Waals surface area contributed by atoms with Crippen molar-refractivity contribution < 1.29 is 22.7 Å². The van der Waals surface area contributed by atoms with E-state index in [1.807, 2.05) is 6.07 Å². The lowest BCUT2D eigenvalue weighted by molar-refractivity contribution is -0.137. The zero-order valence-electron chi connectivity index (χ0n) is 16.0. The van der Waals surface area contributed by atoms with E-state index < -0.39 is 23.4 Å². The first-order valence-corrected chi connectivity index (χ1v) is 8.64. The molecule has 2 rings (SSSR count). The predicted octanol–water partition coefficient (Wildman–Crippen LogP) is 5.81. The molecule has 0 aliphatic rings. The topological polar surface area (TPSA) is 50.4 Å². The summed E-state index contributed by atoms with van der Waals surface area (Å²) >= 11 is 0. The van der Waals surface area contributed by atoms with Gasteiger partial charge in [-0.2, -0.15) is 13.2 Å². The minimum absolute atomic E-state index is 0.0854. The van der Waals surface area contributed by atoms with Crippen molar-refractivity contribution in [2.45, 2.75) is 39.1 Å². The second-order valence-electron chi connectivity index (χ2n) is 7.20. The Labute approximate surface area is 162 Å². The van der Waals surface area contributed by atoms with Crippen LogP contribution in [-0.4, -0.2) is 11.7 Å². The Kier molecular flexibility index (Phi) is 6.38. The van der Waals surface area contributed by atoms with Crippen LogP contribution in [0.1, 0.15) is 37.5 Å². The number of carbonyl (C=O) groups excluding carboxylic acids is 1. The highest BCUT2D eigenvalue weighted by molar-refractivity contribution is 5.77. The van der Waals surface area contributed by atoms with Crippen LogP contribution in [0.5, 0.6) is 0 Å². The first kappa shape index (κ1) is 21.3. The van der Waals surface area contributed by atoms with Gasteiger partial charge in [0.2, 0.25) is 0 Å². The van der Waals surface area contributed by atoms with E-state index in [2.05, 4.69) is 17.2 Å². The molecule has 1 amide bonds. The summed E-state index contributed by atoms with van der Waals surface area (Å²) < 4.78 is 45.6. The third kappa shape index (κ3) is 6.33. The van der Waals surface area contributed by atoms with Gasteiger partial charge in [0.15, 0.2) is 0 Å². The van der Waals surface area contributed by atoms with Crippen LogP contribution in [0.25, 0.3) is 5.70 Å². The number of rotatable bonds is 5. The molecule has 0 atom stereocenters. The number of nitrogens with one attached hydrogen (secondary N) is 2. The smallest absolute Gasteiger partial charge is 0.418 e. The molecule has 0 fully saturated rings. The maximum atomic E-state index is 13.5. The highest BCUT2D eigenvalue weighted by atomic mass is 19.4. The van der Waals surface area contributed by atoms with Crippen molar-refractivity contribution in [1.29, 1.82) is 0 Å². The summed E-state index contributed by atoms with van der Waals surface area (Å²) in [6.07, 6.45) is -5.26. The lowest BCUT2D eigenvalue weighted by Crippen LogP contribution is -2.32. The molecule has 0 saturated carbocycles. The van der Waals surface area contributed by atoms with Gasteiger partial charge in [0.1, 0.15) is 5.60 Å². The van der Waals surface area contributed by atoms with E-state index in [4.69, 9.17) is 4.74 Å². The molecule has 7 heteroatoms. The van der Waals surface area contributed by atoms with Crippen LogP contribution in [0.4, 0.5) is 23.7 Å². The Hall–Kier alpha value is -2.96. The Bertz CT molecular complexity index is 841. The van der Waals surface area contributed by atoms with Crippen molar-refractivity contribution in [3.05, 3.63) is 71.8 Å². The maximum absolute atomic E-state index is 13.5. The predicted molar refractivity (Wildman–Crippen MR) is 104 cm³/mol. The fraction of sp³-hybridized carbons (Fsp3) is 0.286. The zero-order chi connectivity index (χ0) is 20.9. The lowest BCUT2D eigenvalue weighted by Gasteiger charge is -2.20. The molecular formula is C21H23F3N2O2. The van der Waals surface area contributed by atoms with Crippen LogP contribution < -0.4 is 10.6 Å². The molecule has 0 aliphatic carbocycles. The fourth-order valence-electron chi connectivity index (χ4n) is 2.41. The van der Waals surface area contributed by atoms with Crippen LogP contribution in [0.3, 0.4) is 0 Å². The summed E-state index contributed by atoms with van der Waals surface area (Å²) in [5.74, 6) is 0. The van der Waals surface area contributed by atoms with Gasteiger partial charge >= 0.3 is 12.3 Å². The molecule has 2 aromatic rings. The molecule has 0 aliphatic heterocycles. The molecule has 0 bridgehead atoms. The summed E-state index contributed by atoms with van der Waals surface area (Å²) in [7, 11) is 0. The van der Waals surface area contributed by atoms with Gasteiger partial charge in [-0.05, 0) is 44.0 Å². The molecule has 2 aromatic carbocycles. The largest absolute Gasteiger partial charge is 0.444 e. The van der Waals surface area contributed by atoms with Crippen LogP contribution in [0.2, 0.25) is 0 Å². The molecule has 150 valence electrons. The Balaban J connectivity index is 2.17. The zero-order valence-corrected chi connectivity index (χ0v) is 16.0. The van der Waals surface area contributed by atoms with Gasteiger partial charge in [0.05, 0.1) is 11.3 Å². The second kappa shape index (κ2) is 8.37. The van der Waals surface area contributed by atoms with E-state index >= 15 is 0 Å². The fourth-order valence-corrected chi connectivity index (χ4v) is 2.41. The van der Waals surface area contributed by atoms with Crippen molar-refractivity contribution >= 4 is 17.5 Å². The van der Waals surface area contributed by atoms with Gasteiger partial charge in [0, 0.05) is 12.2 Å². The van der Waals surface area contributed by atoms with Crippen molar-refractivity contribution in [2.75, 3.05) is 5.32 Å². The van der Waals surface area contributed by atoms with E-state index in [1.165, 1.54) is 12.1 Å². The van der Waals surface area contributed by atoms with Gasteiger partial charge in [-0.1, -0.05) is 43.0 Å². The van der Waals surface area contributed by atoms with Crippen LogP contribution in [0.15, 0.2) is 55.1 Å². The summed E-state index contributed by atoms with van der Waals surface area (Å²) in [6.45, 7) is 8.83. The third-order valence-electron chi connectivity index (χ3n) is 3.63.